The maximum atomic E-state index is 10.4. The normalized spacial score (nSPS) is 25.4. The molecule has 0 aliphatic heterocycles. The Kier molecular flexibility index (Phi) is 2.92. The van der Waals surface area contributed by atoms with Crippen LogP contribution in [0, 0.1) is 0 Å². The first-order valence-electron chi connectivity index (χ1n) is 5.64. The Morgan fingerprint density at radius 2 is 2.07 bits per heavy atom. The molecule has 1 atom stereocenters. The fourth-order valence-corrected chi connectivity index (χ4v) is 2.47. The van der Waals surface area contributed by atoms with Crippen molar-refractivity contribution in [3.63, 3.8) is 0 Å². The van der Waals surface area contributed by atoms with Gasteiger partial charge in [-0.05, 0) is 36.8 Å². The molecule has 1 heteroatoms. The lowest BCUT2D eigenvalue weighted by atomic mass is 9.89. The maximum absolute atomic E-state index is 10.4. The molecule has 0 radical (unpaired) electrons. The summed E-state index contributed by atoms with van der Waals surface area (Å²) < 4.78 is 0. The van der Waals surface area contributed by atoms with E-state index in [-0.39, 0.29) is 0 Å². The summed E-state index contributed by atoms with van der Waals surface area (Å²) in [5, 5.41) is 10.4. The zero-order valence-electron chi connectivity index (χ0n) is 9.08. The Bertz CT molecular complexity index is 356. The van der Waals surface area contributed by atoms with Gasteiger partial charge in [0.2, 0.25) is 0 Å². The van der Waals surface area contributed by atoms with Crippen molar-refractivity contribution < 1.29 is 5.11 Å². The van der Waals surface area contributed by atoms with E-state index >= 15 is 0 Å². The third-order valence-electron chi connectivity index (χ3n) is 3.25. The van der Waals surface area contributed by atoms with E-state index in [1.807, 2.05) is 6.08 Å². The summed E-state index contributed by atoms with van der Waals surface area (Å²) in [5.41, 5.74) is 2.14. The van der Waals surface area contributed by atoms with Crippen molar-refractivity contribution in [2.45, 2.75) is 37.7 Å². The van der Waals surface area contributed by atoms with Crippen molar-refractivity contribution in [3.8, 4) is 0 Å². The first-order valence-corrected chi connectivity index (χ1v) is 5.64. The molecule has 80 valence electrons. The van der Waals surface area contributed by atoms with Crippen molar-refractivity contribution in [2.75, 3.05) is 0 Å². The topological polar surface area (TPSA) is 20.2 Å². The van der Waals surface area contributed by atoms with Gasteiger partial charge in [-0.1, -0.05) is 30.3 Å². The predicted molar refractivity (Wildman–Crippen MR) is 62.8 cm³/mol. The van der Waals surface area contributed by atoms with E-state index in [0.29, 0.717) is 6.42 Å². The fourth-order valence-electron chi connectivity index (χ4n) is 2.47. The molecular weight excluding hydrogens is 184 g/mol. The Labute approximate surface area is 91.4 Å². The van der Waals surface area contributed by atoms with Gasteiger partial charge < -0.3 is 5.11 Å². The lowest BCUT2D eigenvalue weighted by Crippen LogP contribution is -2.29. The molecule has 1 aromatic rings. The number of fused-ring (bicyclic) bond motifs is 1. The quantitative estimate of drug-likeness (QED) is 0.577. The Balaban J connectivity index is 2.27. The molecule has 0 saturated carbocycles. The molecule has 15 heavy (non-hydrogen) atoms. The summed E-state index contributed by atoms with van der Waals surface area (Å²) >= 11 is 0. The average Bonchev–Trinajstić information content (AvgIpc) is 2.36. The molecule has 1 aliphatic carbocycles. The summed E-state index contributed by atoms with van der Waals surface area (Å²) in [5.74, 6) is 0. The first-order chi connectivity index (χ1) is 7.23. The van der Waals surface area contributed by atoms with Gasteiger partial charge in [0.05, 0.1) is 5.60 Å². The minimum absolute atomic E-state index is 0.561. The SMILES string of the molecule is C=CCC1(O)CCCc2ccccc2C1. The third-order valence-corrected chi connectivity index (χ3v) is 3.25. The lowest BCUT2D eigenvalue weighted by Gasteiger charge is -2.25. The number of hydrogen-bond acceptors (Lipinski definition) is 1. The maximum Gasteiger partial charge on any atom is 0.0722 e. The van der Waals surface area contributed by atoms with Crippen LogP contribution in [-0.4, -0.2) is 10.7 Å². The van der Waals surface area contributed by atoms with E-state index < -0.39 is 5.60 Å². The molecule has 1 aliphatic rings. The molecule has 1 nitrogen and oxygen atoms in total. The van der Waals surface area contributed by atoms with Crippen LogP contribution in [0.3, 0.4) is 0 Å². The Morgan fingerprint density at radius 3 is 2.80 bits per heavy atom. The zero-order valence-corrected chi connectivity index (χ0v) is 9.08. The van der Waals surface area contributed by atoms with Crippen LogP contribution in [0.15, 0.2) is 36.9 Å². The van der Waals surface area contributed by atoms with Gasteiger partial charge in [-0.25, -0.2) is 0 Å². The second kappa shape index (κ2) is 4.19. The zero-order chi connectivity index (χ0) is 10.7. The van der Waals surface area contributed by atoms with Crippen LogP contribution in [0.2, 0.25) is 0 Å². The monoisotopic (exact) mass is 202 g/mol. The second-order valence-corrected chi connectivity index (χ2v) is 4.52. The molecule has 0 heterocycles. The van der Waals surface area contributed by atoms with Crippen molar-refractivity contribution in [1.82, 2.24) is 0 Å². The van der Waals surface area contributed by atoms with Gasteiger partial charge in [-0.15, -0.1) is 6.58 Å². The smallest absolute Gasteiger partial charge is 0.0722 e. The van der Waals surface area contributed by atoms with Crippen LogP contribution in [-0.2, 0) is 12.8 Å². The molecule has 0 aromatic heterocycles. The van der Waals surface area contributed by atoms with Gasteiger partial charge in [-0.2, -0.15) is 0 Å². The predicted octanol–water partition coefficient (Wildman–Crippen LogP) is 2.87. The van der Waals surface area contributed by atoms with E-state index in [1.54, 1.807) is 0 Å². The average molecular weight is 202 g/mol. The van der Waals surface area contributed by atoms with Gasteiger partial charge in [0.1, 0.15) is 0 Å². The number of aryl methyl sites for hydroxylation is 1. The van der Waals surface area contributed by atoms with E-state index in [9.17, 15) is 5.11 Å². The third kappa shape index (κ3) is 2.29. The molecule has 0 fully saturated rings. The van der Waals surface area contributed by atoms with Crippen molar-refractivity contribution >= 4 is 0 Å². The lowest BCUT2D eigenvalue weighted by molar-refractivity contribution is 0.0353. The Hall–Kier alpha value is -1.08. The Morgan fingerprint density at radius 1 is 1.33 bits per heavy atom. The van der Waals surface area contributed by atoms with E-state index in [2.05, 4.69) is 30.8 Å². The number of aliphatic hydroxyl groups is 1. The van der Waals surface area contributed by atoms with Gasteiger partial charge in [-0.3, -0.25) is 0 Å². The summed E-state index contributed by atoms with van der Waals surface area (Å²) in [6.07, 6.45) is 6.34. The van der Waals surface area contributed by atoms with E-state index in [0.717, 1.165) is 25.7 Å². The van der Waals surface area contributed by atoms with Gasteiger partial charge in [0.15, 0.2) is 0 Å². The highest BCUT2D eigenvalue weighted by Crippen LogP contribution is 2.30. The molecule has 0 saturated heterocycles. The largest absolute Gasteiger partial charge is 0.389 e. The number of hydrogen-bond donors (Lipinski definition) is 1. The highest BCUT2D eigenvalue weighted by molar-refractivity contribution is 5.30. The first kappa shape index (κ1) is 10.4. The molecule has 0 bridgehead atoms. The molecule has 2 rings (SSSR count). The van der Waals surface area contributed by atoms with Crippen molar-refractivity contribution in [1.29, 1.82) is 0 Å². The van der Waals surface area contributed by atoms with Crippen LogP contribution in [0.4, 0.5) is 0 Å². The van der Waals surface area contributed by atoms with Crippen LogP contribution in [0.25, 0.3) is 0 Å². The summed E-state index contributed by atoms with van der Waals surface area (Å²) in [6, 6.07) is 8.44. The van der Waals surface area contributed by atoms with Crippen LogP contribution in [0.1, 0.15) is 30.4 Å². The van der Waals surface area contributed by atoms with Gasteiger partial charge >= 0.3 is 0 Å². The fraction of sp³-hybridized carbons (Fsp3) is 0.429. The van der Waals surface area contributed by atoms with Crippen LogP contribution >= 0.6 is 0 Å². The molecule has 1 N–H and O–H groups in total. The molecule has 1 aromatic carbocycles. The van der Waals surface area contributed by atoms with Gasteiger partial charge in [0.25, 0.3) is 0 Å². The number of rotatable bonds is 2. The highest BCUT2D eigenvalue weighted by atomic mass is 16.3. The van der Waals surface area contributed by atoms with E-state index in [4.69, 9.17) is 0 Å². The molecule has 0 amide bonds. The van der Waals surface area contributed by atoms with Crippen molar-refractivity contribution in [3.05, 3.63) is 48.0 Å². The van der Waals surface area contributed by atoms with Gasteiger partial charge in [0, 0.05) is 6.42 Å². The number of benzene rings is 1. The summed E-state index contributed by atoms with van der Waals surface area (Å²) in [6.45, 7) is 3.73. The minimum Gasteiger partial charge on any atom is -0.389 e. The molecule has 1 unspecified atom stereocenters. The van der Waals surface area contributed by atoms with Crippen molar-refractivity contribution in [2.24, 2.45) is 0 Å². The highest BCUT2D eigenvalue weighted by Gasteiger charge is 2.28. The molecule has 0 spiro atoms. The standard InChI is InChI=1S/C14H18O/c1-2-9-14(15)10-5-8-12-6-3-4-7-13(12)11-14/h2-4,6-7,15H,1,5,8-11H2. The second-order valence-electron chi connectivity index (χ2n) is 4.52. The van der Waals surface area contributed by atoms with Crippen LogP contribution < -0.4 is 0 Å². The summed E-state index contributed by atoms with van der Waals surface area (Å²) in [4.78, 5) is 0. The van der Waals surface area contributed by atoms with Crippen LogP contribution in [0.5, 0.6) is 0 Å². The summed E-state index contributed by atoms with van der Waals surface area (Å²) in [7, 11) is 0. The molecular formula is C14H18O. The van der Waals surface area contributed by atoms with E-state index in [1.165, 1.54) is 11.1 Å². The minimum atomic E-state index is -0.561.